The number of rotatable bonds is 6. The van der Waals surface area contributed by atoms with E-state index in [1.54, 1.807) is 0 Å². The van der Waals surface area contributed by atoms with Gasteiger partial charge in [0.05, 0.1) is 17.1 Å². The first-order valence-electron chi connectivity index (χ1n) is 6.33. The number of nitrogens with two attached hydrogens (primary N) is 2. The maximum atomic E-state index is 11.0. The van der Waals surface area contributed by atoms with Crippen LogP contribution < -0.4 is 16.8 Å². The molecule has 0 saturated carbocycles. The number of hydrogen-bond acceptors (Lipinski definition) is 4. The Kier molecular flexibility index (Phi) is 4.46. The molecule has 2 rings (SSSR count). The van der Waals surface area contributed by atoms with Crippen LogP contribution in [0.5, 0.6) is 0 Å². The van der Waals surface area contributed by atoms with Crippen molar-refractivity contribution in [3.05, 3.63) is 24.0 Å². The number of aryl methyl sites for hydroxylation is 1. The van der Waals surface area contributed by atoms with Gasteiger partial charge >= 0.3 is 0 Å². The van der Waals surface area contributed by atoms with E-state index in [-0.39, 0.29) is 0 Å². The fraction of sp³-hybridized carbons (Fsp3) is 0.385. The molecule has 0 aliphatic rings. The van der Waals surface area contributed by atoms with Gasteiger partial charge in [0.2, 0.25) is 5.91 Å². The second-order valence-corrected chi connectivity index (χ2v) is 5.00. The summed E-state index contributed by atoms with van der Waals surface area (Å²) in [5, 5.41) is 3.19. The number of fused-ring (bicyclic) bond motifs is 1. The molecule has 7 heteroatoms. The Morgan fingerprint density at radius 2 is 2.30 bits per heavy atom. The molecule has 1 unspecified atom stereocenters. The monoisotopic (exact) mass is 295 g/mol. The van der Waals surface area contributed by atoms with Crippen LogP contribution in [-0.2, 0) is 18.3 Å². The van der Waals surface area contributed by atoms with E-state index in [4.69, 9.17) is 23.1 Å². The SMILES string of the molecule is Cn1c(CC(N)C(N)=O)nc2cc(NCCCl)ccc21. The molecule has 20 heavy (non-hydrogen) atoms. The number of carbonyl (C=O) groups is 1. The molecule has 108 valence electrons. The van der Waals surface area contributed by atoms with Crippen LogP contribution >= 0.6 is 11.6 Å². The van der Waals surface area contributed by atoms with E-state index < -0.39 is 11.9 Å². The summed E-state index contributed by atoms with van der Waals surface area (Å²) in [6.45, 7) is 0.694. The molecular weight excluding hydrogens is 278 g/mol. The van der Waals surface area contributed by atoms with Crippen molar-refractivity contribution in [2.45, 2.75) is 12.5 Å². The summed E-state index contributed by atoms with van der Waals surface area (Å²) in [6.07, 6.45) is 0.324. The van der Waals surface area contributed by atoms with Gasteiger partial charge in [0.25, 0.3) is 0 Å². The van der Waals surface area contributed by atoms with Crippen molar-refractivity contribution in [2.75, 3.05) is 17.7 Å². The normalized spacial score (nSPS) is 12.6. The summed E-state index contributed by atoms with van der Waals surface area (Å²) in [5.74, 6) is 0.751. The van der Waals surface area contributed by atoms with Gasteiger partial charge in [-0.1, -0.05) is 0 Å². The van der Waals surface area contributed by atoms with Crippen LogP contribution in [0.15, 0.2) is 18.2 Å². The Morgan fingerprint density at radius 1 is 1.55 bits per heavy atom. The lowest BCUT2D eigenvalue weighted by atomic mass is 10.2. The Bertz CT molecular complexity index is 624. The predicted molar refractivity (Wildman–Crippen MR) is 80.8 cm³/mol. The van der Waals surface area contributed by atoms with Gasteiger partial charge in [0.15, 0.2) is 0 Å². The third kappa shape index (κ3) is 3.02. The highest BCUT2D eigenvalue weighted by Crippen LogP contribution is 2.20. The van der Waals surface area contributed by atoms with Gasteiger partial charge in [0, 0.05) is 31.6 Å². The predicted octanol–water partition coefficient (Wildman–Crippen LogP) is 0.579. The highest BCUT2D eigenvalue weighted by molar-refractivity contribution is 6.18. The smallest absolute Gasteiger partial charge is 0.234 e. The van der Waals surface area contributed by atoms with E-state index >= 15 is 0 Å². The number of halogens is 1. The van der Waals surface area contributed by atoms with Crippen molar-refractivity contribution in [2.24, 2.45) is 18.5 Å². The van der Waals surface area contributed by atoms with Crippen LogP contribution in [0.2, 0.25) is 0 Å². The maximum Gasteiger partial charge on any atom is 0.234 e. The summed E-state index contributed by atoms with van der Waals surface area (Å²) in [7, 11) is 1.89. The van der Waals surface area contributed by atoms with Crippen LogP contribution in [0.3, 0.4) is 0 Å². The summed E-state index contributed by atoms with van der Waals surface area (Å²) in [6, 6.07) is 5.16. The first-order chi connectivity index (χ1) is 9.52. The molecule has 1 amide bonds. The molecule has 6 nitrogen and oxygen atoms in total. The second kappa shape index (κ2) is 6.11. The first kappa shape index (κ1) is 14.6. The number of anilines is 1. The lowest BCUT2D eigenvalue weighted by Gasteiger charge is -2.07. The fourth-order valence-corrected chi connectivity index (χ4v) is 2.13. The molecule has 0 aliphatic carbocycles. The molecular formula is C13H18ClN5O. The lowest BCUT2D eigenvalue weighted by molar-refractivity contribution is -0.119. The minimum Gasteiger partial charge on any atom is -0.384 e. The molecule has 0 spiro atoms. The quantitative estimate of drug-likeness (QED) is 0.679. The van der Waals surface area contributed by atoms with Crippen LogP contribution in [0.1, 0.15) is 5.82 Å². The van der Waals surface area contributed by atoms with E-state index in [9.17, 15) is 4.79 Å². The minimum atomic E-state index is -0.723. The van der Waals surface area contributed by atoms with Gasteiger partial charge in [-0.2, -0.15) is 0 Å². The molecule has 1 atom stereocenters. The molecule has 0 aliphatic heterocycles. The third-order valence-corrected chi connectivity index (χ3v) is 3.35. The largest absolute Gasteiger partial charge is 0.384 e. The van der Waals surface area contributed by atoms with Crippen molar-refractivity contribution in [3.8, 4) is 0 Å². The van der Waals surface area contributed by atoms with Crippen LogP contribution in [0, 0.1) is 0 Å². The number of nitrogens with zero attached hydrogens (tertiary/aromatic N) is 2. The summed E-state index contributed by atoms with van der Waals surface area (Å²) in [5.41, 5.74) is 13.6. The van der Waals surface area contributed by atoms with E-state index in [0.717, 1.165) is 22.5 Å². The van der Waals surface area contributed by atoms with Gasteiger partial charge in [-0.05, 0) is 18.2 Å². The molecule has 1 heterocycles. The number of alkyl halides is 1. The average Bonchev–Trinajstić information content (AvgIpc) is 2.72. The van der Waals surface area contributed by atoms with E-state index in [1.807, 2.05) is 29.8 Å². The molecule has 1 aromatic carbocycles. The average molecular weight is 296 g/mol. The van der Waals surface area contributed by atoms with E-state index in [0.29, 0.717) is 18.8 Å². The molecule has 1 aromatic heterocycles. The number of nitrogens with one attached hydrogen (secondary N) is 1. The van der Waals surface area contributed by atoms with Gasteiger partial charge < -0.3 is 21.4 Å². The molecule has 0 bridgehead atoms. The van der Waals surface area contributed by atoms with Crippen LogP contribution in [0.25, 0.3) is 11.0 Å². The zero-order chi connectivity index (χ0) is 14.7. The molecule has 0 fully saturated rings. The Balaban J connectivity index is 2.29. The molecule has 0 saturated heterocycles. The van der Waals surface area contributed by atoms with Gasteiger partial charge in [-0.15, -0.1) is 11.6 Å². The van der Waals surface area contributed by atoms with Gasteiger partial charge in [0.1, 0.15) is 5.82 Å². The molecule has 0 radical (unpaired) electrons. The Morgan fingerprint density at radius 3 is 2.95 bits per heavy atom. The van der Waals surface area contributed by atoms with Crippen molar-refractivity contribution in [3.63, 3.8) is 0 Å². The number of hydrogen-bond donors (Lipinski definition) is 3. The zero-order valence-corrected chi connectivity index (χ0v) is 12.0. The van der Waals surface area contributed by atoms with E-state index in [1.165, 1.54) is 0 Å². The third-order valence-electron chi connectivity index (χ3n) is 3.17. The summed E-state index contributed by atoms with van der Waals surface area (Å²) >= 11 is 5.65. The number of amides is 1. The van der Waals surface area contributed by atoms with Gasteiger partial charge in [-0.25, -0.2) is 4.98 Å². The Hall–Kier alpha value is -1.79. The standard InChI is InChI=1S/C13H18ClN5O/c1-19-11-3-2-8(17-5-4-14)6-10(11)18-12(19)7-9(15)13(16)20/h2-3,6,9,17H,4-5,7,15H2,1H3,(H2,16,20). The second-order valence-electron chi connectivity index (χ2n) is 4.62. The topological polar surface area (TPSA) is 99.0 Å². The van der Waals surface area contributed by atoms with Gasteiger partial charge in [-0.3, -0.25) is 4.79 Å². The molecule has 2 aromatic rings. The molecule has 5 N–H and O–H groups in total. The van der Waals surface area contributed by atoms with Crippen LogP contribution in [0.4, 0.5) is 5.69 Å². The van der Waals surface area contributed by atoms with Crippen molar-refractivity contribution in [1.82, 2.24) is 9.55 Å². The minimum absolute atomic E-state index is 0.324. The number of benzene rings is 1. The van der Waals surface area contributed by atoms with E-state index in [2.05, 4.69) is 10.3 Å². The lowest BCUT2D eigenvalue weighted by Crippen LogP contribution is -2.38. The number of imidazole rings is 1. The Labute approximate surface area is 122 Å². The summed E-state index contributed by atoms with van der Waals surface area (Å²) < 4.78 is 1.92. The highest BCUT2D eigenvalue weighted by Gasteiger charge is 2.15. The number of primary amides is 1. The maximum absolute atomic E-state index is 11.0. The highest BCUT2D eigenvalue weighted by atomic mass is 35.5. The van der Waals surface area contributed by atoms with Crippen molar-refractivity contribution in [1.29, 1.82) is 0 Å². The van der Waals surface area contributed by atoms with Crippen molar-refractivity contribution >= 4 is 34.2 Å². The number of carbonyl (C=O) groups excluding carboxylic acids is 1. The number of aromatic nitrogens is 2. The fourth-order valence-electron chi connectivity index (χ4n) is 2.03. The van der Waals surface area contributed by atoms with Crippen molar-refractivity contribution < 1.29 is 4.79 Å². The first-order valence-corrected chi connectivity index (χ1v) is 6.86. The zero-order valence-electron chi connectivity index (χ0n) is 11.3. The van der Waals surface area contributed by atoms with Crippen LogP contribution in [-0.4, -0.2) is 33.9 Å². The summed E-state index contributed by atoms with van der Waals surface area (Å²) in [4.78, 5) is 15.5.